The molecule has 0 atom stereocenters. The number of pyridine rings is 1. The average molecular weight is 378 g/mol. The van der Waals surface area contributed by atoms with Gasteiger partial charge in [0.1, 0.15) is 5.56 Å². The number of amides is 1. The molecule has 4 aromatic heterocycles. The van der Waals surface area contributed by atoms with E-state index in [1.165, 1.54) is 11.3 Å². The fourth-order valence-corrected chi connectivity index (χ4v) is 3.75. The third kappa shape index (κ3) is 2.87. The van der Waals surface area contributed by atoms with Crippen molar-refractivity contribution in [1.82, 2.24) is 24.5 Å². The van der Waals surface area contributed by atoms with E-state index in [4.69, 9.17) is 5.73 Å². The second-order valence-corrected chi connectivity index (χ2v) is 7.43. The molecular formula is C19H18N6OS. The van der Waals surface area contributed by atoms with Crippen LogP contribution in [0.15, 0.2) is 36.2 Å². The summed E-state index contributed by atoms with van der Waals surface area (Å²) < 4.78 is 1.88. The van der Waals surface area contributed by atoms with Crippen LogP contribution in [0.4, 0.5) is 0 Å². The Kier molecular flexibility index (Phi) is 4.19. The lowest BCUT2D eigenvalue weighted by molar-refractivity contribution is 0.0999. The molecule has 4 heterocycles. The van der Waals surface area contributed by atoms with Gasteiger partial charge < -0.3 is 5.73 Å². The number of primary amides is 1. The molecule has 0 saturated carbocycles. The highest BCUT2D eigenvalue weighted by Gasteiger charge is 2.22. The fraction of sp³-hybridized carbons (Fsp3) is 0.211. The molecule has 4 rings (SSSR count). The third-order valence-electron chi connectivity index (χ3n) is 4.43. The molecule has 0 aliphatic heterocycles. The van der Waals surface area contributed by atoms with Gasteiger partial charge in [-0.25, -0.2) is 15.0 Å². The molecule has 7 nitrogen and oxygen atoms in total. The number of carbonyl (C=O) groups is 1. The summed E-state index contributed by atoms with van der Waals surface area (Å²) in [6.07, 6.45) is 7.23. The Bertz CT molecular complexity index is 1150. The maximum Gasteiger partial charge on any atom is 0.254 e. The number of aromatic nitrogens is 5. The van der Waals surface area contributed by atoms with Crippen LogP contribution in [0.5, 0.6) is 0 Å². The number of nitrogens with two attached hydrogens (primary N) is 1. The van der Waals surface area contributed by atoms with Crippen LogP contribution in [0.25, 0.3) is 27.6 Å². The molecule has 0 bridgehead atoms. The Morgan fingerprint density at radius 3 is 2.74 bits per heavy atom. The third-order valence-corrected chi connectivity index (χ3v) is 5.20. The summed E-state index contributed by atoms with van der Waals surface area (Å²) >= 11 is 1.44. The first-order chi connectivity index (χ1) is 13.0. The van der Waals surface area contributed by atoms with Gasteiger partial charge in [-0.2, -0.15) is 0 Å². The lowest BCUT2D eigenvalue weighted by Crippen LogP contribution is -2.19. The number of aryl methyl sites for hydroxylation is 1. The van der Waals surface area contributed by atoms with E-state index in [9.17, 15) is 4.79 Å². The van der Waals surface area contributed by atoms with Crippen molar-refractivity contribution in [2.45, 2.75) is 26.7 Å². The minimum atomic E-state index is -0.565. The van der Waals surface area contributed by atoms with Crippen molar-refractivity contribution >= 4 is 28.1 Å². The van der Waals surface area contributed by atoms with Gasteiger partial charge in [-0.15, -0.1) is 11.3 Å². The maximum absolute atomic E-state index is 12.2. The molecule has 136 valence electrons. The highest BCUT2D eigenvalue weighted by molar-refractivity contribution is 7.13. The number of thiazole rings is 1. The highest BCUT2D eigenvalue weighted by Crippen LogP contribution is 2.31. The number of nitrogens with zero attached hydrogens (tertiary/aromatic N) is 5. The van der Waals surface area contributed by atoms with Crippen molar-refractivity contribution in [3.05, 3.63) is 53.1 Å². The number of hydrogen-bond acceptors (Lipinski definition) is 6. The van der Waals surface area contributed by atoms with Crippen LogP contribution in [-0.2, 0) is 0 Å². The molecule has 0 fully saturated rings. The average Bonchev–Trinajstić information content (AvgIpc) is 3.28. The minimum absolute atomic E-state index is 0.298. The van der Waals surface area contributed by atoms with Crippen LogP contribution >= 0.6 is 11.3 Å². The predicted octanol–water partition coefficient (Wildman–Crippen LogP) is 3.47. The molecule has 0 unspecified atom stereocenters. The van der Waals surface area contributed by atoms with Crippen LogP contribution in [0.2, 0.25) is 0 Å². The van der Waals surface area contributed by atoms with Gasteiger partial charge in [0, 0.05) is 29.4 Å². The minimum Gasteiger partial charge on any atom is -0.365 e. The van der Waals surface area contributed by atoms with Gasteiger partial charge >= 0.3 is 0 Å². The van der Waals surface area contributed by atoms with Gasteiger partial charge in [0.15, 0.2) is 16.6 Å². The Labute approximate surface area is 159 Å². The van der Waals surface area contributed by atoms with Crippen molar-refractivity contribution in [2.24, 2.45) is 5.73 Å². The number of fused-ring (bicyclic) bond motifs is 1. The predicted molar refractivity (Wildman–Crippen MR) is 105 cm³/mol. The van der Waals surface area contributed by atoms with Gasteiger partial charge in [0.05, 0.1) is 17.4 Å². The molecule has 0 aliphatic rings. The zero-order valence-electron chi connectivity index (χ0n) is 15.2. The van der Waals surface area contributed by atoms with Crippen molar-refractivity contribution in [1.29, 1.82) is 0 Å². The summed E-state index contributed by atoms with van der Waals surface area (Å²) in [5.74, 6) is 0.656. The first-order valence-electron chi connectivity index (χ1n) is 8.51. The normalized spacial score (nSPS) is 11.4. The Morgan fingerprint density at radius 1 is 1.26 bits per heavy atom. The standard InChI is InChI=1S/C19H18N6OS/c1-10(2)13-9-25(14-8-21-5-4-12(13)14)18-15(16(20)26)11(3)23-17(24-18)19-22-6-7-27-19/h4-10H,1-3H3,(H2,20,26). The lowest BCUT2D eigenvalue weighted by Gasteiger charge is -2.12. The molecule has 4 aromatic rings. The summed E-state index contributed by atoms with van der Waals surface area (Å²) in [7, 11) is 0. The molecule has 0 aromatic carbocycles. The van der Waals surface area contributed by atoms with Crippen molar-refractivity contribution in [3.8, 4) is 16.6 Å². The van der Waals surface area contributed by atoms with Crippen LogP contribution in [0.3, 0.4) is 0 Å². The second kappa shape index (κ2) is 6.55. The summed E-state index contributed by atoms with van der Waals surface area (Å²) in [6, 6.07) is 1.97. The smallest absolute Gasteiger partial charge is 0.254 e. The largest absolute Gasteiger partial charge is 0.365 e. The van der Waals surface area contributed by atoms with Crippen LogP contribution in [-0.4, -0.2) is 30.4 Å². The summed E-state index contributed by atoms with van der Waals surface area (Å²) in [5, 5.41) is 3.62. The fourth-order valence-electron chi connectivity index (χ4n) is 3.19. The molecular weight excluding hydrogens is 360 g/mol. The van der Waals surface area contributed by atoms with Crippen molar-refractivity contribution in [2.75, 3.05) is 0 Å². The monoisotopic (exact) mass is 378 g/mol. The lowest BCUT2D eigenvalue weighted by atomic mass is 10.0. The van der Waals surface area contributed by atoms with E-state index in [2.05, 4.69) is 33.8 Å². The van der Waals surface area contributed by atoms with Gasteiger partial charge in [-0.05, 0) is 24.5 Å². The molecule has 1 amide bonds. The summed E-state index contributed by atoms with van der Waals surface area (Å²) in [6.45, 7) is 6.01. The van der Waals surface area contributed by atoms with E-state index >= 15 is 0 Å². The van der Waals surface area contributed by atoms with Gasteiger partial charge in [0.25, 0.3) is 5.91 Å². The zero-order valence-corrected chi connectivity index (χ0v) is 16.0. The second-order valence-electron chi connectivity index (χ2n) is 6.53. The van der Waals surface area contributed by atoms with Crippen LogP contribution < -0.4 is 5.73 Å². The highest BCUT2D eigenvalue weighted by atomic mass is 32.1. The molecule has 0 radical (unpaired) electrons. The Balaban J connectivity index is 2.06. The van der Waals surface area contributed by atoms with E-state index in [1.807, 2.05) is 22.2 Å². The van der Waals surface area contributed by atoms with E-state index in [-0.39, 0.29) is 0 Å². The SMILES string of the molecule is Cc1nc(-c2nccs2)nc(-n2cc(C(C)C)c3ccncc32)c1C(N)=O. The van der Waals surface area contributed by atoms with E-state index in [0.29, 0.717) is 33.8 Å². The van der Waals surface area contributed by atoms with Crippen LogP contribution in [0, 0.1) is 6.92 Å². The number of carbonyl (C=O) groups excluding carboxylic acids is 1. The molecule has 0 spiro atoms. The molecule has 8 heteroatoms. The number of hydrogen-bond donors (Lipinski definition) is 1. The van der Waals surface area contributed by atoms with Crippen molar-refractivity contribution in [3.63, 3.8) is 0 Å². The molecule has 0 saturated heterocycles. The van der Waals surface area contributed by atoms with Crippen LogP contribution in [0.1, 0.15) is 41.4 Å². The first-order valence-corrected chi connectivity index (χ1v) is 9.39. The quantitative estimate of drug-likeness (QED) is 0.586. The summed E-state index contributed by atoms with van der Waals surface area (Å²) in [5.41, 5.74) is 8.51. The van der Waals surface area contributed by atoms with Gasteiger partial charge in [0.2, 0.25) is 0 Å². The summed E-state index contributed by atoms with van der Waals surface area (Å²) in [4.78, 5) is 29.8. The topological polar surface area (TPSA) is 99.6 Å². The zero-order chi connectivity index (χ0) is 19.1. The van der Waals surface area contributed by atoms with Gasteiger partial charge in [-0.3, -0.25) is 14.3 Å². The van der Waals surface area contributed by atoms with Gasteiger partial charge in [-0.1, -0.05) is 13.8 Å². The van der Waals surface area contributed by atoms with Crippen molar-refractivity contribution < 1.29 is 4.79 Å². The Morgan fingerprint density at radius 2 is 2.07 bits per heavy atom. The van der Waals surface area contributed by atoms with E-state index < -0.39 is 5.91 Å². The molecule has 2 N–H and O–H groups in total. The Hall–Kier alpha value is -3.13. The first kappa shape index (κ1) is 17.3. The number of rotatable bonds is 4. The molecule has 0 aliphatic carbocycles. The molecule has 27 heavy (non-hydrogen) atoms. The van der Waals surface area contributed by atoms with E-state index in [1.54, 1.807) is 25.5 Å². The maximum atomic E-state index is 12.2. The van der Waals surface area contributed by atoms with E-state index in [0.717, 1.165) is 16.5 Å².